The lowest BCUT2D eigenvalue weighted by Crippen LogP contribution is -2.81. The number of aliphatic carboxylic acids is 1. The second-order valence-electron chi connectivity index (χ2n) is 4.95. The Kier molecular flexibility index (Phi) is 2.31. The van der Waals surface area contributed by atoms with Crippen molar-refractivity contribution in [2.45, 2.75) is 24.1 Å². The van der Waals surface area contributed by atoms with E-state index in [-0.39, 0.29) is 35.0 Å². The molecule has 1 N–H and O–H groups in total. The third-order valence-corrected chi connectivity index (χ3v) is 5.49. The molecule has 0 aromatic carbocycles. The van der Waals surface area contributed by atoms with E-state index < -0.39 is 11.6 Å². The number of ether oxygens (including phenoxy) is 1. The van der Waals surface area contributed by atoms with Crippen molar-refractivity contribution in [3.63, 3.8) is 0 Å². The fraction of sp³-hybridized carbons (Fsp3) is 0.727. The molecule has 7 heteroatoms. The van der Waals surface area contributed by atoms with Crippen molar-refractivity contribution in [2.75, 3.05) is 13.3 Å². The number of carbonyl (C=O) groups excluding carboxylic acids is 1. The third-order valence-electron chi connectivity index (χ3n) is 4.35. The Hall–Kier alpha value is -1.08. The number of hydrogen-bond donors (Lipinski definition) is 1. The van der Waals surface area contributed by atoms with Crippen LogP contribution in [0.1, 0.15) is 6.92 Å². The first-order valence-corrected chi connectivity index (χ1v) is 7.03. The second-order valence-corrected chi connectivity index (χ2v) is 5.93. The van der Waals surface area contributed by atoms with Crippen LogP contribution in [0.5, 0.6) is 0 Å². The number of carboxylic acid groups (broad SMARTS) is 1. The van der Waals surface area contributed by atoms with Crippen molar-refractivity contribution >= 4 is 29.4 Å². The first-order valence-electron chi connectivity index (χ1n) is 5.74. The highest BCUT2D eigenvalue weighted by Crippen LogP contribution is 2.58. The highest BCUT2D eigenvalue weighted by atomic mass is 32.2. The summed E-state index contributed by atoms with van der Waals surface area (Å²) in [6.07, 6.45) is 1.65. The van der Waals surface area contributed by atoms with Gasteiger partial charge in [-0.25, -0.2) is 9.69 Å². The number of carboxylic acids is 1. The Morgan fingerprint density at radius 3 is 2.72 bits per heavy atom. The van der Waals surface area contributed by atoms with Crippen LogP contribution >= 0.6 is 11.8 Å². The van der Waals surface area contributed by atoms with Gasteiger partial charge in [0.1, 0.15) is 17.3 Å². The van der Waals surface area contributed by atoms with E-state index in [0.717, 1.165) is 0 Å². The molecular weight excluding hydrogens is 256 g/mol. The molecule has 5 atom stereocenters. The van der Waals surface area contributed by atoms with Crippen LogP contribution in [-0.2, 0) is 14.3 Å². The maximum Gasteiger partial charge on any atom is 0.351 e. The Labute approximate surface area is 108 Å². The van der Waals surface area contributed by atoms with Crippen LogP contribution < -0.4 is 0 Å². The van der Waals surface area contributed by atoms with Crippen LogP contribution in [0.3, 0.4) is 0 Å². The minimum absolute atomic E-state index is 0.0160. The van der Waals surface area contributed by atoms with Gasteiger partial charge < -0.3 is 9.84 Å². The predicted molar refractivity (Wildman–Crippen MR) is 65.4 cm³/mol. The van der Waals surface area contributed by atoms with Crippen molar-refractivity contribution in [3.05, 3.63) is 0 Å². The van der Waals surface area contributed by atoms with E-state index in [1.54, 1.807) is 0 Å². The van der Waals surface area contributed by atoms with Crippen LogP contribution in [0.25, 0.3) is 0 Å². The Bertz CT molecular complexity index is 480. The number of carbonyl (C=O) groups is 2. The number of thioether (sulfide) groups is 1. The normalized spacial score (nSPS) is 45.9. The number of nitrogens with zero attached hydrogens (tertiary/aromatic N) is 2. The first kappa shape index (κ1) is 12.0. The van der Waals surface area contributed by atoms with Gasteiger partial charge in [0.25, 0.3) is 0 Å². The number of fused-ring (bicyclic) bond motifs is 2. The molecule has 2 saturated heterocycles. The highest BCUT2D eigenvalue weighted by Gasteiger charge is 2.75. The van der Waals surface area contributed by atoms with Crippen LogP contribution in [0, 0.1) is 11.8 Å². The van der Waals surface area contributed by atoms with Crippen LogP contribution in [0.2, 0.25) is 0 Å². The van der Waals surface area contributed by atoms with Crippen molar-refractivity contribution in [1.29, 1.82) is 0 Å². The van der Waals surface area contributed by atoms with Crippen molar-refractivity contribution in [1.82, 2.24) is 4.90 Å². The summed E-state index contributed by atoms with van der Waals surface area (Å²) in [4.78, 5) is 29.1. The van der Waals surface area contributed by atoms with E-state index >= 15 is 0 Å². The molecule has 0 aliphatic carbocycles. The van der Waals surface area contributed by atoms with E-state index in [2.05, 4.69) is 4.99 Å². The second kappa shape index (κ2) is 3.48. The number of rotatable bonds is 2. The lowest BCUT2D eigenvalue weighted by atomic mass is 9.70. The van der Waals surface area contributed by atoms with Crippen molar-refractivity contribution in [3.8, 4) is 0 Å². The van der Waals surface area contributed by atoms with E-state index in [4.69, 9.17) is 4.74 Å². The molecule has 0 aromatic heterocycles. The highest BCUT2D eigenvalue weighted by molar-refractivity contribution is 8.00. The van der Waals surface area contributed by atoms with Gasteiger partial charge in [0.05, 0.1) is 5.25 Å². The lowest BCUT2D eigenvalue weighted by Gasteiger charge is -2.64. The summed E-state index contributed by atoms with van der Waals surface area (Å²) in [6.45, 7) is 1.96. The fourth-order valence-electron chi connectivity index (χ4n) is 3.39. The number of aliphatic imine (C=N–C) groups is 1. The summed E-state index contributed by atoms with van der Waals surface area (Å²) in [6, 6.07) is 0. The SMILES string of the molecule is CSC1C(C(=O)O)=N[C@@]2([C@@H]3C(=O)OC3N2C)[C@H]1C. The first-order chi connectivity index (χ1) is 8.45. The Morgan fingerprint density at radius 1 is 1.61 bits per heavy atom. The van der Waals surface area contributed by atoms with Gasteiger partial charge in [-0.3, -0.25) is 9.79 Å². The molecule has 98 valence electrons. The summed E-state index contributed by atoms with van der Waals surface area (Å²) in [7, 11) is 1.83. The van der Waals surface area contributed by atoms with Crippen LogP contribution in [0.4, 0.5) is 0 Å². The Morgan fingerprint density at radius 2 is 2.28 bits per heavy atom. The van der Waals surface area contributed by atoms with Gasteiger partial charge in [0.2, 0.25) is 0 Å². The summed E-state index contributed by atoms with van der Waals surface area (Å²) >= 11 is 1.47. The zero-order valence-electron chi connectivity index (χ0n) is 10.3. The smallest absolute Gasteiger partial charge is 0.351 e. The van der Waals surface area contributed by atoms with Crippen LogP contribution in [-0.4, -0.2) is 58.1 Å². The molecule has 0 bridgehead atoms. The number of esters is 1. The van der Waals surface area contributed by atoms with E-state index in [9.17, 15) is 14.7 Å². The van der Waals surface area contributed by atoms with E-state index in [0.29, 0.717) is 0 Å². The molecule has 0 aromatic rings. The molecule has 3 heterocycles. The van der Waals surface area contributed by atoms with Crippen molar-refractivity contribution in [2.24, 2.45) is 16.8 Å². The molecule has 3 aliphatic rings. The lowest BCUT2D eigenvalue weighted by molar-refractivity contribution is -0.303. The zero-order valence-corrected chi connectivity index (χ0v) is 11.1. The largest absolute Gasteiger partial charge is 0.477 e. The van der Waals surface area contributed by atoms with Gasteiger partial charge in [-0.05, 0) is 13.3 Å². The zero-order chi connectivity index (χ0) is 13.2. The molecular formula is C11H14N2O4S. The van der Waals surface area contributed by atoms with Gasteiger partial charge in [-0.1, -0.05) is 6.92 Å². The molecule has 6 nitrogen and oxygen atoms in total. The Balaban J connectivity index is 2.03. The maximum atomic E-state index is 11.5. The minimum Gasteiger partial charge on any atom is -0.477 e. The molecule has 0 radical (unpaired) electrons. The summed E-state index contributed by atoms with van der Waals surface area (Å²) in [5.74, 6) is -1.58. The number of likely N-dealkylation sites (tertiary alicyclic amines) is 1. The van der Waals surface area contributed by atoms with Gasteiger partial charge in [-0.15, -0.1) is 0 Å². The maximum absolute atomic E-state index is 11.5. The molecule has 1 spiro atoms. The molecule has 2 unspecified atom stereocenters. The number of hydrogen-bond acceptors (Lipinski definition) is 6. The van der Waals surface area contributed by atoms with Crippen LogP contribution in [0.15, 0.2) is 4.99 Å². The molecule has 0 saturated carbocycles. The standard InChI is InChI=1S/C11H14N2O4S/c1-4-7(18-3)6(9(14)15)12-11(4)5-8(13(11)2)17-10(5)16/h4-5,7-8H,1-3H3,(H,14,15)/t4-,5-,7?,8?,11-/m0/s1. The monoisotopic (exact) mass is 270 g/mol. The van der Waals surface area contributed by atoms with Gasteiger partial charge in [0.15, 0.2) is 6.23 Å². The van der Waals surface area contributed by atoms with Crippen molar-refractivity contribution < 1.29 is 19.4 Å². The molecule has 18 heavy (non-hydrogen) atoms. The average Bonchev–Trinajstić information content (AvgIpc) is 2.61. The van der Waals surface area contributed by atoms with Gasteiger partial charge in [-0.2, -0.15) is 11.8 Å². The van der Waals surface area contributed by atoms with E-state index in [1.807, 2.05) is 25.1 Å². The predicted octanol–water partition coefficient (Wildman–Crippen LogP) is 0.0341. The topological polar surface area (TPSA) is 79.2 Å². The minimum atomic E-state index is -0.998. The molecule has 0 amide bonds. The fourth-order valence-corrected chi connectivity index (χ4v) is 4.37. The summed E-state index contributed by atoms with van der Waals surface area (Å²) in [5, 5.41) is 9.05. The quantitative estimate of drug-likeness (QED) is 0.713. The van der Waals surface area contributed by atoms with Gasteiger partial charge in [0, 0.05) is 5.92 Å². The molecule has 2 fully saturated rings. The average molecular weight is 270 g/mol. The van der Waals surface area contributed by atoms with E-state index in [1.165, 1.54) is 11.8 Å². The summed E-state index contributed by atoms with van der Waals surface area (Å²) < 4.78 is 5.01. The molecule has 3 aliphatic heterocycles. The summed E-state index contributed by atoms with van der Waals surface area (Å²) in [5.41, 5.74) is -0.540. The molecule has 3 rings (SSSR count). The third kappa shape index (κ3) is 1.07. The van der Waals surface area contributed by atoms with Gasteiger partial charge >= 0.3 is 11.9 Å².